The van der Waals surface area contributed by atoms with Crippen LogP contribution < -0.4 is 10.1 Å². The summed E-state index contributed by atoms with van der Waals surface area (Å²) in [6.07, 6.45) is 1.00. The molecule has 1 N–H and O–H groups in total. The Balaban J connectivity index is 1.65. The molecule has 0 aliphatic carbocycles. The van der Waals surface area contributed by atoms with E-state index < -0.39 is 0 Å². The third-order valence-electron chi connectivity index (χ3n) is 3.63. The second kappa shape index (κ2) is 9.01. The van der Waals surface area contributed by atoms with Crippen LogP contribution in [0.4, 0.5) is 8.78 Å². The van der Waals surface area contributed by atoms with E-state index in [0.717, 1.165) is 0 Å². The number of benzene rings is 2. The highest BCUT2D eigenvalue weighted by molar-refractivity contribution is 5.78. The summed E-state index contributed by atoms with van der Waals surface area (Å²) in [5, 5.41) is 2.82. The van der Waals surface area contributed by atoms with E-state index in [1.807, 2.05) is 0 Å². The molecule has 2 rings (SSSR count). The van der Waals surface area contributed by atoms with Crippen molar-refractivity contribution in [3.05, 3.63) is 65.7 Å². The van der Waals surface area contributed by atoms with Gasteiger partial charge in [-0.25, -0.2) is 8.78 Å². The zero-order valence-corrected chi connectivity index (χ0v) is 13.6. The van der Waals surface area contributed by atoms with E-state index in [4.69, 9.17) is 4.74 Å². The highest BCUT2D eigenvalue weighted by Gasteiger charge is 2.14. The predicted octanol–water partition coefficient (Wildman–Crippen LogP) is 3.73. The lowest BCUT2D eigenvalue weighted by molar-refractivity contribution is -0.124. The van der Waals surface area contributed by atoms with Gasteiger partial charge in [0.05, 0.1) is 6.61 Å². The highest BCUT2D eigenvalue weighted by atomic mass is 19.1. The van der Waals surface area contributed by atoms with Gasteiger partial charge in [-0.2, -0.15) is 0 Å². The molecule has 0 saturated heterocycles. The first-order valence-electron chi connectivity index (χ1n) is 7.95. The molecule has 0 bridgehead atoms. The molecular weight excluding hydrogens is 312 g/mol. The van der Waals surface area contributed by atoms with Gasteiger partial charge in [0.15, 0.2) is 0 Å². The van der Waals surface area contributed by atoms with Crippen molar-refractivity contribution >= 4 is 5.91 Å². The topological polar surface area (TPSA) is 38.3 Å². The van der Waals surface area contributed by atoms with Crippen molar-refractivity contribution in [1.29, 1.82) is 0 Å². The number of carbonyl (C=O) groups is 1. The van der Waals surface area contributed by atoms with Crippen LogP contribution in [0, 0.1) is 17.6 Å². The summed E-state index contributed by atoms with van der Waals surface area (Å²) in [5.74, 6) is -0.418. The molecule has 0 spiro atoms. The average Bonchev–Trinajstić information content (AvgIpc) is 2.58. The maximum absolute atomic E-state index is 13.6. The molecule has 1 unspecified atom stereocenters. The van der Waals surface area contributed by atoms with Crippen LogP contribution in [0.2, 0.25) is 0 Å². The number of hydrogen-bond acceptors (Lipinski definition) is 2. The van der Waals surface area contributed by atoms with Gasteiger partial charge < -0.3 is 10.1 Å². The molecule has 0 aliphatic heterocycles. The van der Waals surface area contributed by atoms with Gasteiger partial charge in [-0.05, 0) is 48.7 Å². The molecule has 0 radical (unpaired) electrons. The minimum absolute atomic E-state index is 0.111. The number of ether oxygens (including phenoxy) is 1. The maximum atomic E-state index is 13.6. The molecule has 5 heteroatoms. The minimum Gasteiger partial charge on any atom is -0.494 e. The molecule has 24 heavy (non-hydrogen) atoms. The van der Waals surface area contributed by atoms with Gasteiger partial charge >= 0.3 is 0 Å². The highest BCUT2D eigenvalue weighted by Crippen LogP contribution is 2.13. The summed E-state index contributed by atoms with van der Waals surface area (Å²) in [7, 11) is 0. The fourth-order valence-corrected chi connectivity index (χ4v) is 2.27. The molecule has 1 amide bonds. The van der Waals surface area contributed by atoms with E-state index in [1.165, 1.54) is 18.2 Å². The number of hydrogen-bond donors (Lipinski definition) is 1. The number of rotatable bonds is 8. The molecule has 2 aromatic carbocycles. The first-order valence-corrected chi connectivity index (χ1v) is 7.95. The largest absolute Gasteiger partial charge is 0.494 e. The van der Waals surface area contributed by atoms with Crippen molar-refractivity contribution in [3.63, 3.8) is 0 Å². The van der Waals surface area contributed by atoms with Gasteiger partial charge in [-0.1, -0.05) is 25.1 Å². The lowest BCUT2D eigenvalue weighted by Gasteiger charge is -2.13. The monoisotopic (exact) mass is 333 g/mol. The fourth-order valence-electron chi connectivity index (χ4n) is 2.27. The lowest BCUT2D eigenvalue weighted by Crippen LogP contribution is -2.31. The fraction of sp³-hybridized carbons (Fsp3) is 0.316. The van der Waals surface area contributed by atoms with E-state index in [9.17, 15) is 13.6 Å². The van der Waals surface area contributed by atoms with Crippen molar-refractivity contribution in [2.75, 3.05) is 13.2 Å². The molecule has 1 atom stereocenters. The van der Waals surface area contributed by atoms with Crippen molar-refractivity contribution in [2.45, 2.75) is 19.8 Å². The molecule has 0 aliphatic rings. The Kier molecular flexibility index (Phi) is 6.73. The zero-order chi connectivity index (χ0) is 17.4. The van der Waals surface area contributed by atoms with Gasteiger partial charge in [0.25, 0.3) is 0 Å². The zero-order valence-electron chi connectivity index (χ0n) is 13.6. The Bertz CT molecular complexity index is 659. The molecule has 0 aromatic heterocycles. The van der Waals surface area contributed by atoms with E-state index in [0.29, 0.717) is 37.3 Å². The second-order valence-electron chi connectivity index (χ2n) is 5.64. The SMILES string of the molecule is CC(Cc1ccccc1F)C(=O)NCCCOc1ccc(F)cc1. The number of nitrogens with one attached hydrogen (secondary N) is 1. The van der Waals surface area contributed by atoms with Crippen LogP contribution in [-0.2, 0) is 11.2 Å². The molecule has 128 valence electrons. The first-order chi connectivity index (χ1) is 11.6. The first kappa shape index (κ1) is 17.9. The Morgan fingerprint density at radius 3 is 2.54 bits per heavy atom. The van der Waals surface area contributed by atoms with Crippen LogP contribution >= 0.6 is 0 Å². The molecule has 2 aromatic rings. The lowest BCUT2D eigenvalue weighted by atomic mass is 10.00. The van der Waals surface area contributed by atoms with E-state index in [1.54, 1.807) is 37.3 Å². The number of halogens is 2. The Hall–Kier alpha value is -2.43. The molecular formula is C19H21F2NO2. The smallest absolute Gasteiger partial charge is 0.223 e. The van der Waals surface area contributed by atoms with Crippen LogP contribution in [0.1, 0.15) is 18.9 Å². The molecule has 0 fully saturated rings. The van der Waals surface area contributed by atoms with Gasteiger partial charge in [-0.15, -0.1) is 0 Å². The maximum Gasteiger partial charge on any atom is 0.223 e. The van der Waals surface area contributed by atoms with Crippen LogP contribution in [0.3, 0.4) is 0 Å². The van der Waals surface area contributed by atoms with E-state index >= 15 is 0 Å². The molecule has 0 heterocycles. The summed E-state index contributed by atoms with van der Waals surface area (Å²) in [6, 6.07) is 12.3. The van der Waals surface area contributed by atoms with Crippen LogP contribution in [-0.4, -0.2) is 19.1 Å². The quantitative estimate of drug-likeness (QED) is 0.748. The Morgan fingerprint density at radius 1 is 1.12 bits per heavy atom. The van der Waals surface area contributed by atoms with Crippen molar-refractivity contribution in [2.24, 2.45) is 5.92 Å². The van der Waals surface area contributed by atoms with Crippen LogP contribution in [0.25, 0.3) is 0 Å². The third-order valence-corrected chi connectivity index (χ3v) is 3.63. The van der Waals surface area contributed by atoms with Gasteiger partial charge in [0, 0.05) is 12.5 Å². The summed E-state index contributed by atoms with van der Waals surface area (Å²) < 4.78 is 31.8. The summed E-state index contributed by atoms with van der Waals surface area (Å²) in [6.45, 7) is 2.67. The number of carbonyl (C=O) groups excluding carboxylic acids is 1. The Morgan fingerprint density at radius 2 is 1.83 bits per heavy atom. The predicted molar refractivity (Wildman–Crippen MR) is 88.8 cm³/mol. The van der Waals surface area contributed by atoms with Crippen molar-refractivity contribution < 1.29 is 18.3 Å². The summed E-state index contributed by atoms with van der Waals surface area (Å²) in [4.78, 5) is 12.0. The minimum atomic E-state index is -0.307. The standard InChI is InChI=1S/C19H21F2NO2/c1-14(13-15-5-2-3-6-18(15)21)19(23)22-11-4-12-24-17-9-7-16(20)8-10-17/h2-3,5-10,14H,4,11-13H2,1H3,(H,22,23). The van der Waals surface area contributed by atoms with Gasteiger partial charge in [-0.3, -0.25) is 4.79 Å². The third kappa shape index (κ3) is 5.65. The van der Waals surface area contributed by atoms with Gasteiger partial charge in [0.1, 0.15) is 17.4 Å². The second-order valence-corrected chi connectivity index (χ2v) is 5.64. The van der Waals surface area contributed by atoms with Crippen molar-refractivity contribution in [3.8, 4) is 5.75 Å². The average molecular weight is 333 g/mol. The normalized spacial score (nSPS) is 11.8. The number of amides is 1. The summed E-state index contributed by atoms with van der Waals surface area (Å²) >= 11 is 0. The van der Waals surface area contributed by atoms with Crippen LogP contribution in [0.15, 0.2) is 48.5 Å². The van der Waals surface area contributed by atoms with Crippen molar-refractivity contribution in [1.82, 2.24) is 5.32 Å². The molecule has 3 nitrogen and oxygen atoms in total. The van der Waals surface area contributed by atoms with E-state index in [2.05, 4.69) is 5.32 Å². The molecule has 0 saturated carbocycles. The van der Waals surface area contributed by atoms with Gasteiger partial charge in [0.2, 0.25) is 5.91 Å². The van der Waals surface area contributed by atoms with Crippen LogP contribution in [0.5, 0.6) is 5.75 Å². The Labute approximate surface area is 140 Å². The summed E-state index contributed by atoms with van der Waals surface area (Å²) in [5.41, 5.74) is 0.541. The van der Waals surface area contributed by atoms with E-state index in [-0.39, 0.29) is 23.5 Å².